The number of rotatable bonds is 5. The van der Waals surface area contributed by atoms with E-state index >= 15 is 0 Å². The molecule has 3 atom stereocenters. The maximum atomic E-state index is 12.8. The number of methoxy groups -OCH3 is 2. The minimum absolute atomic E-state index is 0.0306. The van der Waals surface area contributed by atoms with Crippen LogP contribution < -0.4 is 14.8 Å². The molecule has 0 aliphatic carbocycles. The van der Waals surface area contributed by atoms with Crippen molar-refractivity contribution in [2.45, 2.75) is 63.8 Å². The first-order chi connectivity index (χ1) is 16.2. The Balaban J connectivity index is 1.68. The van der Waals surface area contributed by atoms with Crippen LogP contribution in [0.1, 0.15) is 61.5 Å². The van der Waals surface area contributed by atoms with Gasteiger partial charge in [0.1, 0.15) is 5.60 Å². The first kappa shape index (κ1) is 24.3. The van der Waals surface area contributed by atoms with Gasteiger partial charge >= 0.3 is 6.09 Å². The van der Waals surface area contributed by atoms with E-state index in [0.29, 0.717) is 12.2 Å². The van der Waals surface area contributed by atoms with Crippen LogP contribution in [0, 0.1) is 0 Å². The molecule has 4 rings (SSSR count). The third kappa shape index (κ3) is 5.13. The number of pyridine rings is 1. The van der Waals surface area contributed by atoms with Crippen molar-refractivity contribution in [3.8, 4) is 11.5 Å². The van der Waals surface area contributed by atoms with Gasteiger partial charge in [-0.1, -0.05) is 0 Å². The van der Waals surface area contributed by atoms with Crippen molar-refractivity contribution in [3.05, 3.63) is 52.8 Å². The molecule has 8 heteroatoms. The molecule has 3 unspecified atom stereocenters. The Hall–Kier alpha value is -2.84. The van der Waals surface area contributed by atoms with Crippen molar-refractivity contribution >= 4 is 6.09 Å². The van der Waals surface area contributed by atoms with Crippen molar-refractivity contribution in [2.75, 3.05) is 27.3 Å². The number of aromatic nitrogens is 1. The largest absolute Gasteiger partial charge is 0.493 e. The summed E-state index contributed by atoms with van der Waals surface area (Å²) in [5.41, 5.74) is 3.54. The van der Waals surface area contributed by atoms with Crippen molar-refractivity contribution in [1.29, 1.82) is 0 Å². The van der Waals surface area contributed by atoms with Gasteiger partial charge in [-0.05, 0) is 74.6 Å². The molecule has 2 aliphatic rings. The Kier molecular flexibility index (Phi) is 7.00. The minimum atomic E-state index is -0.587. The fourth-order valence-corrected chi connectivity index (χ4v) is 5.07. The van der Waals surface area contributed by atoms with Gasteiger partial charge in [0.05, 0.1) is 20.8 Å². The predicted molar refractivity (Wildman–Crippen MR) is 128 cm³/mol. The molecular weight excluding hydrogens is 434 g/mol. The first-order valence-electron chi connectivity index (χ1n) is 11.8. The van der Waals surface area contributed by atoms with Crippen LogP contribution in [0.2, 0.25) is 0 Å². The summed E-state index contributed by atoms with van der Waals surface area (Å²) < 4.78 is 16.7. The summed E-state index contributed by atoms with van der Waals surface area (Å²) in [6.07, 6.45) is 2.91. The van der Waals surface area contributed by atoms with Crippen LogP contribution in [0.3, 0.4) is 0 Å². The SMILES string of the molecule is COc1cc2c(cc1OC)C1CC(NC(=O)OC(C)(C)C)C(c3cc(CO)ccn3)CN1CC2. The van der Waals surface area contributed by atoms with Crippen molar-refractivity contribution in [1.82, 2.24) is 15.2 Å². The normalized spacial score (nSPS) is 22.4. The van der Waals surface area contributed by atoms with Gasteiger partial charge in [0.15, 0.2) is 11.5 Å². The lowest BCUT2D eigenvalue weighted by Gasteiger charge is -2.47. The van der Waals surface area contributed by atoms with Gasteiger partial charge in [0.25, 0.3) is 0 Å². The van der Waals surface area contributed by atoms with Gasteiger partial charge in [0, 0.05) is 43.0 Å². The smallest absolute Gasteiger partial charge is 0.407 e. The number of aliphatic hydroxyl groups excluding tert-OH is 1. The fraction of sp³-hybridized carbons (Fsp3) is 0.538. The van der Waals surface area contributed by atoms with E-state index in [-0.39, 0.29) is 24.6 Å². The summed E-state index contributed by atoms with van der Waals surface area (Å²) >= 11 is 0. The molecule has 1 aromatic carbocycles. The highest BCUT2D eigenvalue weighted by Gasteiger charge is 2.41. The summed E-state index contributed by atoms with van der Waals surface area (Å²) in [6.45, 7) is 7.17. The monoisotopic (exact) mass is 469 g/mol. The molecule has 1 amide bonds. The van der Waals surface area contributed by atoms with E-state index in [1.54, 1.807) is 20.4 Å². The number of alkyl carbamates (subject to hydrolysis) is 1. The first-order valence-corrected chi connectivity index (χ1v) is 11.8. The van der Waals surface area contributed by atoms with Crippen LogP contribution in [0.25, 0.3) is 0 Å². The molecule has 0 radical (unpaired) electrons. The number of nitrogens with zero attached hydrogens (tertiary/aromatic N) is 2. The summed E-state index contributed by atoms with van der Waals surface area (Å²) in [7, 11) is 3.30. The lowest BCUT2D eigenvalue weighted by atomic mass is 9.79. The number of carbonyl (C=O) groups excluding carboxylic acids is 1. The van der Waals surface area contributed by atoms with E-state index in [2.05, 4.69) is 27.3 Å². The summed E-state index contributed by atoms with van der Waals surface area (Å²) in [4.78, 5) is 19.8. The van der Waals surface area contributed by atoms with Crippen molar-refractivity contribution < 1.29 is 24.1 Å². The number of amides is 1. The number of nitrogens with one attached hydrogen (secondary N) is 1. The minimum Gasteiger partial charge on any atom is -0.493 e. The van der Waals surface area contributed by atoms with Crippen molar-refractivity contribution in [2.24, 2.45) is 0 Å². The number of aliphatic hydroxyl groups is 1. The maximum absolute atomic E-state index is 12.8. The van der Waals surface area contributed by atoms with Gasteiger partial charge in [0.2, 0.25) is 0 Å². The standard InChI is InChI=1S/C26H35N3O5/c1-26(2,3)34-25(31)28-21-13-22-18-12-24(33-5)23(32-4)11-17(18)7-9-29(22)14-19(21)20-10-16(15-30)6-8-27-20/h6,8,10-12,19,21-22,30H,7,9,13-15H2,1-5H3,(H,28,31). The molecule has 3 heterocycles. The van der Waals surface area contributed by atoms with Crippen LogP contribution in [0.15, 0.2) is 30.5 Å². The van der Waals surface area contributed by atoms with E-state index in [0.717, 1.165) is 36.5 Å². The molecule has 0 bridgehead atoms. The predicted octanol–water partition coefficient (Wildman–Crippen LogP) is 3.57. The second-order valence-corrected chi connectivity index (χ2v) is 10.0. The summed E-state index contributed by atoms with van der Waals surface area (Å²) in [5.74, 6) is 1.41. The number of benzene rings is 1. The van der Waals surface area contributed by atoms with Crippen LogP contribution in [0.5, 0.6) is 11.5 Å². The van der Waals surface area contributed by atoms with E-state index in [1.807, 2.05) is 32.9 Å². The Morgan fingerprint density at radius 1 is 1.21 bits per heavy atom. The zero-order valence-corrected chi connectivity index (χ0v) is 20.6. The van der Waals surface area contributed by atoms with Gasteiger partial charge < -0.3 is 24.6 Å². The molecule has 2 aliphatic heterocycles. The highest BCUT2D eigenvalue weighted by Crippen LogP contribution is 2.44. The number of hydrogen-bond acceptors (Lipinski definition) is 7. The molecule has 34 heavy (non-hydrogen) atoms. The Morgan fingerprint density at radius 3 is 2.62 bits per heavy atom. The quantitative estimate of drug-likeness (QED) is 0.691. The number of ether oxygens (including phenoxy) is 3. The molecular formula is C26H35N3O5. The van der Waals surface area contributed by atoms with E-state index in [9.17, 15) is 9.90 Å². The number of piperidine rings is 1. The zero-order valence-electron chi connectivity index (χ0n) is 20.6. The lowest BCUT2D eigenvalue weighted by Crippen LogP contribution is -2.53. The van der Waals surface area contributed by atoms with Crippen LogP contribution in [-0.4, -0.2) is 60.0 Å². The number of fused-ring (bicyclic) bond motifs is 3. The zero-order chi connectivity index (χ0) is 24.5. The highest BCUT2D eigenvalue weighted by atomic mass is 16.6. The van der Waals surface area contributed by atoms with Crippen LogP contribution in [-0.2, 0) is 17.8 Å². The molecule has 184 valence electrons. The van der Waals surface area contributed by atoms with Crippen molar-refractivity contribution in [3.63, 3.8) is 0 Å². The molecule has 1 fully saturated rings. The molecule has 2 aromatic rings. The van der Waals surface area contributed by atoms with Gasteiger partial charge in [-0.15, -0.1) is 0 Å². The third-order valence-corrected chi connectivity index (χ3v) is 6.62. The second kappa shape index (κ2) is 9.80. The second-order valence-electron chi connectivity index (χ2n) is 10.0. The van der Waals surface area contributed by atoms with Gasteiger partial charge in [-0.25, -0.2) is 4.79 Å². The average molecular weight is 470 g/mol. The summed E-state index contributed by atoms with van der Waals surface area (Å²) in [6, 6.07) is 7.82. The highest BCUT2D eigenvalue weighted by molar-refractivity contribution is 5.68. The molecule has 0 saturated carbocycles. The van der Waals surface area contributed by atoms with E-state index in [4.69, 9.17) is 14.2 Å². The average Bonchev–Trinajstić information content (AvgIpc) is 2.81. The van der Waals surface area contributed by atoms with E-state index < -0.39 is 11.7 Å². The molecule has 2 N–H and O–H groups in total. The molecule has 1 aromatic heterocycles. The number of hydrogen-bond donors (Lipinski definition) is 2. The van der Waals surface area contributed by atoms with Crippen LogP contribution in [0.4, 0.5) is 4.79 Å². The maximum Gasteiger partial charge on any atom is 0.407 e. The summed E-state index contributed by atoms with van der Waals surface area (Å²) in [5, 5.41) is 12.8. The number of carbonyl (C=O) groups is 1. The van der Waals surface area contributed by atoms with Gasteiger partial charge in [-0.3, -0.25) is 9.88 Å². The fourth-order valence-electron chi connectivity index (χ4n) is 5.07. The lowest BCUT2D eigenvalue weighted by molar-refractivity contribution is 0.0410. The Morgan fingerprint density at radius 2 is 1.94 bits per heavy atom. The molecule has 8 nitrogen and oxygen atoms in total. The molecule has 1 saturated heterocycles. The Bertz CT molecular complexity index is 1040. The van der Waals surface area contributed by atoms with Crippen LogP contribution >= 0.6 is 0 Å². The van der Waals surface area contributed by atoms with Gasteiger partial charge in [-0.2, -0.15) is 0 Å². The topological polar surface area (TPSA) is 93.2 Å². The Labute approximate surface area is 201 Å². The molecule has 0 spiro atoms. The third-order valence-electron chi connectivity index (χ3n) is 6.62. The van der Waals surface area contributed by atoms with E-state index in [1.165, 1.54) is 11.1 Å².